The van der Waals surface area contributed by atoms with E-state index < -0.39 is 0 Å². The minimum Gasteiger partial charge on any atom is -0.381 e. The lowest BCUT2D eigenvalue weighted by atomic mass is 10.2. The Balaban J connectivity index is 2.51. The standard InChI is InChI=1S/C9H14N2/c1-3-8(2)11-9-5-4-6-10-7-9/h4-8,11H,3H2,1-2H3. The molecule has 1 aromatic heterocycles. The number of rotatable bonds is 3. The van der Waals surface area contributed by atoms with Crippen LogP contribution >= 0.6 is 0 Å². The van der Waals surface area contributed by atoms with Crippen LogP contribution in [0, 0.1) is 0 Å². The van der Waals surface area contributed by atoms with Crippen LogP contribution in [0.3, 0.4) is 0 Å². The lowest BCUT2D eigenvalue weighted by Gasteiger charge is -2.11. The summed E-state index contributed by atoms with van der Waals surface area (Å²) in [7, 11) is 0. The van der Waals surface area contributed by atoms with Crippen LogP contribution in [0.1, 0.15) is 20.3 Å². The minimum atomic E-state index is 0.527. The molecule has 1 rings (SSSR count). The number of nitrogens with one attached hydrogen (secondary N) is 1. The third-order valence-electron chi connectivity index (χ3n) is 1.69. The maximum absolute atomic E-state index is 4.01. The van der Waals surface area contributed by atoms with E-state index in [1.54, 1.807) is 6.20 Å². The molecule has 1 unspecified atom stereocenters. The van der Waals surface area contributed by atoms with Crippen LogP contribution in [0.5, 0.6) is 0 Å². The summed E-state index contributed by atoms with van der Waals surface area (Å²) in [6.45, 7) is 4.32. The van der Waals surface area contributed by atoms with Crippen molar-refractivity contribution in [1.82, 2.24) is 4.98 Å². The average molecular weight is 150 g/mol. The zero-order chi connectivity index (χ0) is 8.10. The molecule has 0 aliphatic heterocycles. The summed E-state index contributed by atoms with van der Waals surface area (Å²) in [6, 6.07) is 4.49. The second-order valence-corrected chi connectivity index (χ2v) is 2.70. The fraction of sp³-hybridized carbons (Fsp3) is 0.444. The van der Waals surface area contributed by atoms with Crippen molar-refractivity contribution >= 4 is 5.69 Å². The fourth-order valence-corrected chi connectivity index (χ4v) is 0.835. The zero-order valence-electron chi connectivity index (χ0n) is 7.04. The summed E-state index contributed by atoms with van der Waals surface area (Å²) in [5.41, 5.74) is 1.10. The highest BCUT2D eigenvalue weighted by Crippen LogP contribution is 2.05. The zero-order valence-corrected chi connectivity index (χ0v) is 7.04. The molecule has 0 bridgehead atoms. The summed E-state index contributed by atoms with van der Waals surface area (Å²) in [6.07, 6.45) is 4.75. The molecule has 11 heavy (non-hydrogen) atoms. The highest BCUT2D eigenvalue weighted by Gasteiger charge is 1.96. The Hall–Kier alpha value is -1.05. The SMILES string of the molecule is CCC(C)Nc1cccnc1. The van der Waals surface area contributed by atoms with Crippen LogP contribution in [0.25, 0.3) is 0 Å². The van der Waals surface area contributed by atoms with E-state index in [4.69, 9.17) is 0 Å². The van der Waals surface area contributed by atoms with Crippen LogP contribution in [-0.2, 0) is 0 Å². The van der Waals surface area contributed by atoms with Gasteiger partial charge in [0.1, 0.15) is 0 Å². The molecule has 1 atom stereocenters. The van der Waals surface area contributed by atoms with Gasteiger partial charge in [-0.2, -0.15) is 0 Å². The van der Waals surface area contributed by atoms with Gasteiger partial charge in [-0.25, -0.2) is 0 Å². The summed E-state index contributed by atoms with van der Waals surface area (Å²) < 4.78 is 0. The van der Waals surface area contributed by atoms with Crippen molar-refractivity contribution in [2.45, 2.75) is 26.3 Å². The van der Waals surface area contributed by atoms with Gasteiger partial charge in [-0.1, -0.05) is 6.92 Å². The molecule has 1 N–H and O–H groups in total. The number of hydrogen-bond donors (Lipinski definition) is 1. The summed E-state index contributed by atoms with van der Waals surface area (Å²) in [5.74, 6) is 0. The summed E-state index contributed by atoms with van der Waals surface area (Å²) in [4.78, 5) is 4.01. The normalized spacial score (nSPS) is 12.5. The molecule has 0 fully saturated rings. The van der Waals surface area contributed by atoms with Gasteiger partial charge in [0, 0.05) is 18.4 Å². The van der Waals surface area contributed by atoms with Crippen molar-refractivity contribution in [2.75, 3.05) is 5.32 Å². The first-order chi connectivity index (χ1) is 5.33. The number of hydrogen-bond acceptors (Lipinski definition) is 2. The Morgan fingerprint density at radius 1 is 1.64 bits per heavy atom. The van der Waals surface area contributed by atoms with E-state index in [9.17, 15) is 0 Å². The van der Waals surface area contributed by atoms with Crippen LogP contribution < -0.4 is 5.32 Å². The first kappa shape index (κ1) is 8.05. The lowest BCUT2D eigenvalue weighted by molar-refractivity contribution is 0.763. The fourth-order valence-electron chi connectivity index (χ4n) is 0.835. The molecule has 0 spiro atoms. The molecular weight excluding hydrogens is 136 g/mol. The van der Waals surface area contributed by atoms with Gasteiger partial charge < -0.3 is 5.32 Å². The predicted octanol–water partition coefficient (Wildman–Crippen LogP) is 2.29. The number of pyridine rings is 1. The van der Waals surface area contributed by atoms with E-state index in [0.717, 1.165) is 12.1 Å². The Morgan fingerprint density at radius 3 is 3.00 bits per heavy atom. The molecule has 0 amide bonds. The maximum Gasteiger partial charge on any atom is 0.0528 e. The first-order valence-electron chi connectivity index (χ1n) is 3.99. The second kappa shape index (κ2) is 3.96. The van der Waals surface area contributed by atoms with Gasteiger partial charge >= 0.3 is 0 Å². The van der Waals surface area contributed by atoms with E-state index >= 15 is 0 Å². The Labute approximate surface area is 67.7 Å². The smallest absolute Gasteiger partial charge is 0.0528 e. The molecule has 0 radical (unpaired) electrons. The van der Waals surface area contributed by atoms with Crippen molar-refractivity contribution in [1.29, 1.82) is 0 Å². The molecule has 0 saturated heterocycles. The third-order valence-corrected chi connectivity index (χ3v) is 1.69. The van der Waals surface area contributed by atoms with E-state index in [2.05, 4.69) is 24.1 Å². The van der Waals surface area contributed by atoms with Crippen molar-refractivity contribution < 1.29 is 0 Å². The van der Waals surface area contributed by atoms with Gasteiger partial charge in [-0.3, -0.25) is 4.98 Å². The van der Waals surface area contributed by atoms with E-state index in [0.29, 0.717) is 6.04 Å². The Bertz CT molecular complexity index is 196. The van der Waals surface area contributed by atoms with Crippen LogP contribution in [0.2, 0.25) is 0 Å². The maximum atomic E-state index is 4.01. The molecule has 0 aromatic carbocycles. The Kier molecular flexibility index (Phi) is 2.90. The lowest BCUT2D eigenvalue weighted by Crippen LogP contribution is -2.13. The van der Waals surface area contributed by atoms with Gasteiger partial charge in [0.15, 0.2) is 0 Å². The Morgan fingerprint density at radius 2 is 2.45 bits per heavy atom. The molecular formula is C9H14N2. The van der Waals surface area contributed by atoms with Crippen molar-refractivity contribution in [3.8, 4) is 0 Å². The quantitative estimate of drug-likeness (QED) is 0.715. The van der Waals surface area contributed by atoms with Gasteiger partial charge in [-0.15, -0.1) is 0 Å². The predicted molar refractivity (Wildman–Crippen MR) is 47.6 cm³/mol. The monoisotopic (exact) mass is 150 g/mol. The van der Waals surface area contributed by atoms with E-state index in [1.165, 1.54) is 0 Å². The van der Waals surface area contributed by atoms with Gasteiger partial charge in [0.05, 0.1) is 5.69 Å². The molecule has 0 saturated carbocycles. The van der Waals surface area contributed by atoms with Crippen molar-refractivity contribution in [2.24, 2.45) is 0 Å². The molecule has 1 aromatic rings. The molecule has 60 valence electrons. The molecule has 1 heterocycles. The van der Waals surface area contributed by atoms with Crippen molar-refractivity contribution in [3.63, 3.8) is 0 Å². The van der Waals surface area contributed by atoms with Crippen molar-refractivity contribution in [3.05, 3.63) is 24.5 Å². The number of nitrogens with zero attached hydrogens (tertiary/aromatic N) is 1. The minimum absolute atomic E-state index is 0.527. The van der Waals surface area contributed by atoms with E-state index in [-0.39, 0.29) is 0 Å². The van der Waals surface area contributed by atoms with Gasteiger partial charge in [0.25, 0.3) is 0 Å². The van der Waals surface area contributed by atoms with Crippen LogP contribution in [0.4, 0.5) is 5.69 Å². The highest BCUT2D eigenvalue weighted by molar-refractivity contribution is 5.40. The van der Waals surface area contributed by atoms with Crippen LogP contribution in [-0.4, -0.2) is 11.0 Å². The molecule has 2 nitrogen and oxygen atoms in total. The number of anilines is 1. The molecule has 2 heteroatoms. The average Bonchev–Trinajstić information content (AvgIpc) is 2.06. The van der Waals surface area contributed by atoms with E-state index in [1.807, 2.05) is 18.3 Å². The molecule has 0 aliphatic carbocycles. The molecule has 0 aliphatic rings. The highest BCUT2D eigenvalue weighted by atomic mass is 14.9. The first-order valence-corrected chi connectivity index (χ1v) is 3.99. The summed E-state index contributed by atoms with van der Waals surface area (Å²) in [5, 5.41) is 3.33. The van der Waals surface area contributed by atoms with Gasteiger partial charge in [0.2, 0.25) is 0 Å². The topological polar surface area (TPSA) is 24.9 Å². The van der Waals surface area contributed by atoms with Gasteiger partial charge in [-0.05, 0) is 25.5 Å². The third kappa shape index (κ3) is 2.58. The van der Waals surface area contributed by atoms with Crippen LogP contribution in [0.15, 0.2) is 24.5 Å². The number of aromatic nitrogens is 1. The second-order valence-electron chi connectivity index (χ2n) is 2.70. The largest absolute Gasteiger partial charge is 0.381 e. The summed E-state index contributed by atoms with van der Waals surface area (Å²) >= 11 is 0.